The Hall–Kier alpha value is -1.90. The second kappa shape index (κ2) is 13.5. The molecule has 0 aliphatic heterocycles. The first-order valence-electron chi connectivity index (χ1n) is 11.1. The molecule has 0 unspecified atom stereocenters. The van der Waals surface area contributed by atoms with Crippen LogP contribution >= 0.6 is 0 Å². The van der Waals surface area contributed by atoms with Gasteiger partial charge in [-0.05, 0) is 74.9 Å². The maximum absolute atomic E-state index is 10.4. The summed E-state index contributed by atoms with van der Waals surface area (Å²) in [5.41, 5.74) is 1.31. The number of esters is 1. The molecule has 0 spiro atoms. The third-order valence-electron chi connectivity index (χ3n) is 4.83. The number of methoxy groups -OCH3 is 1. The Bertz CT molecular complexity index is 776. The van der Waals surface area contributed by atoms with E-state index in [2.05, 4.69) is 45.2 Å². The topological polar surface area (TPSA) is 44.8 Å². The van der Waals surface area contributed by atoms with Gasteiger partial charge in [-0.1, -0.05) is 49.7 Å². The standard InChI is InChI=1S/C17H32O2Si2.C8H8O2/c1-7-14-20(3,4)19-21(5,6)15-10-12-16-11-8-9-13-17(16)18-2;1-7(9)10-8-5-3-2-4-6-8/h8-9,11,13H,7,10,12,14-15H2,1-6H3;2-6H,1H3. The quantitative estimate of drug-likeness (QED) is 0.216. The fraction of sp³-hybridized carbons (Fsp3) is 0.480. The van der Waals surface area contributed by atoms with Gasteiger partial charge < -0.3 is 13.6 Å². The summed E-state index contributed by atoms with van der Waals surface area (Å²) in [4.78, 5) is 10.4. The molecule has 0 fully saturated rings. The maximum Gasteiger partial charge on any atom is 0.308 e. The summed E-state index contributed by atoms with van der Waals surface area (Å²) >= 11 is 0. The van der Waals surface area contributed by atoms with E-state index in [9.17, 15) is 4.79 Å². The van der Waals surface area contributed by atoms with E-state index in [-0.39, 0.29) is 5.97 Å². The molecule has 2 aromatic carbocycles. The third-order valence-corrected chi connectivity index (χ3v) is 12.5. The summed E-state index contributed by atoms with van der Waals surface area (Å²) in [6.45, 7) is 13.1. The molecule has 0 radical (unpaired) electrons. The van der Waals surface area contributed by atoms with Gasteiger partial charge in [-0.3, -0.25) is 4.79 Å². The first-order valence-corrected chi connectivity index (χ1v) is 17.4. The van der Waals surface area contributed by atoms with Crippen molar-refractivity contribution in [3.05, 3.63) is 60.2 Å². The number of rotatable bonds is 10. The highest BCUT2D eigenvalue weighted by Crippen LogP contribution is 2.26. The normalized spacial score (nSPS) is 11.3. The van der Waals surface area contributed by atoms with Gasteiger partial charge in [-0.25, -0.2) is 0 Å². The number of carbonyl (C=O) groups is 1. The van der Waals surface area contributed by atoms with Gasteiger partial charge in [0.2, 0.25) is 0 Å². The van der Waals surface area contributed by atoms with Gasteiger partial charge in [-0.15, -0.1) is 0 Å². The summed E-state index contributed by atoms with van der Waals surface area (Å²) in [6, 6.07) is 19.8. The molecule has 0 saturated carbocycles. The molecule has 4 nitrogen and oxygen atoms in total. The number of hydrogen-bond donors (Lipinski definition) is 0. The average Bonchev–Trinajstić information content (AvgIpc) is 2.68. The van der Waals surface area contributed by atoms with Crippen molar-refractivity contribution in [2.45, 2.75) is 71.4 Å². The zero-order valence-electron chi connectivity index (χ0n) is 20.4. The number of hydrogen-bond acceptors (Lipinski definition) is 4. The van der Waals surface area contributed by atoms with Gasteiger partial charge in [0.05, 0.1) is 7.11 Å². The van der Waals surface area contributed by atoms with Crippen LogP contribution in [0.25, 0.3) is 0 Å². The van der Waals surface area contributed by atoms with Crippen molar-refractivity contribution in [1.82, 2.24) is 0 Å². The second-order valence-electron chi connectivity index (χ2n) is 8.94. The van der Waals surface area contributed by atoms with Crippen LogP contribution < -0.4 is 9.47 Å². The van der Waals surface area contributed by atoms with Crippen LogP contribution in [0.2, 0.25) is 38.3 Å². The Morgan fingerprint density at radius 2 is 1.45 bits per heavy atom. The van der Waals surface area contributed by atoms with E-state index in [4.69, 9.17) is 13.6 Å². The minimum atomic E-state index is -1.54. The van der Waals surface area contributed by atoms with Crippen molar-refractivity contribution < 1.29 is 18.4 Å². The number of carbonyl (C=O) groups excluding carboxylic acids is 1. The van der Waals surface area contributed by atoms with Crippen LogP contribution in [0.4, 0.5) is 0 Å². The fourth-order valence-electron chi connectivity index (χ4n) is 3.72. The number of benzene rings is 2. The van der Waals surface area contributed by atoms with E-state index in [1.54, 1.807) is 19.2 Å². The summed E-state index contributed by atoms with van der Waals surface area (Å²) in [5.74, 6) is 1.32. The molecule has 0 aliphatic rings. The minimum absolute atomic E-state index is 0.286. The first kappa shape index (κ1) is 27.1. The molecule has 2 aromatic rings. The zero-order valence-corrected chi connectivity index (χ0v) is 22.4. The number of para-hydroxylation sites is 2. The van der Waals surface area contributed by atoms with Crippen molar-refractivity contribution >= 4 is 22.6 Å². The van der Waals surface area contributed by atoms with Crippen molar-refractivity contribution in [3.8, 4) is 11.5 Å². The lowest BCUT2D eigenvalue weighted by atomic mass is 10.1. The molecule has 0 saturated heterocycles. The van der Waals surface area contributed by atoms with Crippen molar-refractivity contribution in [2.75, 3.05) is 7.11 Å². The molecule has 31 heavy (non-hydrogen) atoms. The predicted molar refractivity (Wildman–Crippen MR) is 135 cm³/mol. The number of aryl methyl sites for hydroxylation is 1. The van der Waals surface area contributed by atoms with E-state index < -0.39 is 16.6 Å². The molecule has 0 bridgehead atoms. The highest BCUT2D eigenvalue weighted by Gasteiger charge is 2.31. The minimum Gasteiger partial charge on any atom is -0.496 e. The highest BCUT2D eigenvalue weighted by atomic mass is 28.4. The SMILES string of the molecule is CC(=O)Oc1ccccc1.CCC[Si](C)(C)O[Si](C)(C)CCCc1ccccc1OC. The summed E-state index contributed by atoms with van der Waals surface area (Å²) in [5, 5.41) is 0. The highest BCUT2D eigenvalue weighted by molar-refractivity contribution is 6.84. The van der Waals surface area contributed by atoms with E-state index in [0.29, 0.717) is 5.75 Å². The molecule has 0 N–H and O–H groups in total. The van der Waals surface area contributed by atoms with E-state index in [1.807, 2.05) is 30.3 Å². The molecule has 0 amide bonds. The Morgan fingerprint density at radius 3 is 2.03 bits per heavy atom. The molecular weight excluding hydrogens is 420 g/mol. The summed E-state index contributed by atoms with van der Waals surface area (Å²) in [7, 11) is -1.24. The summed E-state index contributed by atoms with van der Waals surface area (Å²) < 4.78 is 16.8. The summed E-state index contributed by atoms with van der Waals surface area (Å²) in [6.07, 6.45) is 3.51. The van der Waals surface area contributed by atoms with Crippen LogP contribution in [0.5, 0.6) is 11.5 Å². The van der Waals surface area contributed by atoms with Crippen molar-refractivity contribution in [2.24, 2.45) is 0 Å². The van der Waals surface area contributed by atoms with Crippen LogP contribution in [-0.4, -0.2) is 29.7 Å². The van der Waals surface area contributed by atoms with E-state index >= 15 is 0 Å². The van der Waals surface area contributed by atoms with Gasteiger partial charge in [-0.2, -0.15) is 0 Å². The van der Waals surface area contributed by atoms with Gasteiger partial charge >= 0.3 is 5.97 Å². The third kappa shape index (κ3) is 11.9. The second-order valence-corrected chi connectivity index (χ2v) is 17.8. The first-order chi connectivity index (χ1) is 14.6. The molecule has 2 rings (SSSR count). The molecule has 172 valence electrons. The average molecular weight is 461 g/mol. The molecular formula is C25H40O4Si2. The van der Waals surface area contributed by atoms with E-state index in [1.165, 1.54) is 37.4 Å². The Balaban J connectivity index is 0.000000399. The lowest BCUT2D eigenvalue weighted by molar-refractivity contribution is -0.131. The Kier molecular flexibility index (Phi) is 11.8. The molecule has 0 aliphatic carbocycles. The van der Waals surface area contributed by atoms with Gasteiger partial charge in [0.15, 0.2) is 16.6 Å². The van der Waals surface area contributed by atoms with Crippen LogP contribution in [-0.2, 0) is 15.3 Å². The predicted octanol–water partition coefficient (Wildman–Crippen LogP) is 7.08. The molecule has 0 heterocycles. The van der Waals surface area contributed by atoms with Crippen LogP contribution in [0.15, 0.2) is 54.6 Å². The van der Waals surface area contributed by atoms with Gasteiger partial charge in [0.1, 0.15) is 11.5 Å². The Labute approximate surface area is 191 Å². The van der Waals surface area contributed by atoms with E-state index in [0.717, 1.165) is 12.2 Å². The van der Waals surface area contributed by atoms with Crippen molar-refractivity contribution in [3.63, 3.8) is 0 Å². The molecule has 0 aromatic heterocycles. The van der Waals surface area contributed by atoms with Gasteiger partial charge in [0.25, 0.3) is 0 Å². The van der Waals surface area contributed by atoms with Crippen LogP contribution in [0, 0.1) is 0 Å². The van der Waals surface area contributed by atoms with Crippen LogP contribution in [0.1, 0.15) is 32.3 Å². The largest absolute Gasteiger partial charge is 0.496 e. The molecule has 6 heteroatoms. The lowest BCUT2D eigenvalue weighted by Gasteiger charge is -2.34. The number of ether oxygens (including phenoxy) is 2. The zero-order chi connectivity index (χ0) is 23.3. The fourth-order valence-corrected chi connectivity index (χ4v) is 12.8. The lowest BCUT2D eigenvalue weighted by Crippen LogP contribution is -2.44. The smallest absolute Gasteiger partial charge is 0.308 e. The molecule has 0 atom stereocenters. The van der Waals surface area contributed by atoms with Crippen molar-refractivity contribution in [1.29, 1.82) is 0 Å². The van der Waals surface area contributed by atoms with Gasteiger partial charge in [0, 0.05) is 6.92 Å². The maximum atomic E-state index is 10.4. The Morgan fingerprint density at radius 1 is 0.871 bits per heavy atom. The van der Waals surface area contributed by atoms with Crippen LogP contribution in [0.3, 0.4) is 0 Å². The monoisotopic (exact) mass is 460 g/mol.